The third-order valence-corrected chi connectivity index (χ3v) is 4.57. The van der Waals surface area contributed by atoms with Crippen molar-refractivity contribution in [3.05, 3.63) is 34.3 Å². The van der Waals surface area contributed by atoms with Crippen LogP contribution in [0.15, 0.2) is 18.2 Å². The zero-order valence-electron chi connectivity index (χ0n) is 13.7. The van der Waals surface area contributed by atoms with Crippen molar-refractivity contribution < 1.29 is 5.11 Å². The lowest BCUT2D eigenvalue weighted by Gasteiger charge is -2.12. The van der Waals surface area contributed by atoms with Crippen molar-refractivity contribution in [2.75, 3.05) is 0 Å². The van der Waals surface area contributed by atoms with Gasteiger partial charge in [0, 0.05) is 5.02 Å². The van der Waals surface area contributed by atoms with Crippen LogP contribution in [0, 0.1) is 6.92 Å². The maximum absolute atomic E-state index is 10.2. The van der Waals surface area contributed by atoms with E-state index in [2.05, 4.69) is 6.92 Å². The lowest BCUT2D eigenvalue weighted by atomic mass is 10.0. The Kier molecular flexibility index (Phi) is 9.78. The molecule has 2 heteroatoms. The normalized spacial score (nSPS) is 12.6. The fraction of sp³-hybridized carbons (Fsp3) is 0.684. The fourth-order valence-electron chi connectivity index (χ4n) is 2.63. The molecule has 0 aliphatic rings. The summed E-state index contributed by atoms with van der Waals surface area (Å²) in [5.74, 6) is 0. The number of hydrogen-bond donors (Lipinski definition) is 1. The average Bonchev–Trinajstić information content (AvgIpc) is 2.48. The largest absolute Gasteiger partial charge is 0.388 e. The van der Waals surface area contributed by atoms with Gasteiger partial charge in [-0.15, -0.1) is 0 Å². The first kappa shape index (κ1) is 18.5. The van der Waals surface area contributed by atoms with Gasteiger partial charge in [-0.3, -0.25) is 0 Å². The summed E-state index contributed by atoms with van der Waals surface area (Å²) in [5.41, 5.74) is 2.01. The monoisotopic (exact) mass is 310 g/mol. The molecule has 0 fully saturated rings. The average molecular weight is 311 g/mol. The van der Waals surface area contributed by atoms with Crippen molar-refractivity contribution >= 4 is 11.6 Å². The van der Waals surface area contributed by atoms with Crippen molar-refractivity contribution in [1.29, 1.82) is 0 Å². The van der Waals surface area contributed by atoms with Gasteiger partial charge in [-0.2, -0.15) is 0 Å². The van der Waals surface area contributed by atoms with E-state index in [4.69, 9.17) is 11.6 Å². The predicted octanol–water partition coefficient (Wildman–Crippen LogP) is 6.60. The van der Waals surface area contributed by atoms with Crippen LogP contribution < -0.4 is 0 Å². The van der Waals surface area contributed by atoms with Crippen LogP contribution in [0.25, 0.3) is 0 Å². The smallest absolute Gasteiger partial charge is 0.0790 e. The Hall–Kier alpha value is -0.530. The molecule has 1 unspecified atom stereocenters. The first-order valence-corrected chi connectivity index (χ1v) is 8.97. The summed E-state index contributed by atoms with van der Waals surface area (Å²) in [5, 5.41) is 10.9. The summed E-state index contributed by atoms with van der Waals surface area (Å²) in [6.07, 6.45) is 12.3. The van der Waals surface area contributed by atoms with E-state index in [1.54, 1.807) is 0 Å². The molecule has 1 atom stereocenters. The Morgan fingerprint density at radius 1 is 0.952 bits per heavy atom. The van der Waals surface area contributed by atoms with Gasteiger partial charge in [0.25, 0.3) is 0 Å². The van der Waals surface area contributed by atoms with Crippen LogP contribution >= 0.6 is 11.6 Å². The topological polar surface area (TPSA) is 20.2 Å². The molecule has 0 amide bonds. The standard InChI is InChI=1S/C19H31ClO/c1-3-4-5-6-7-8-9-10-11-12-19(21)17-14-13-16(2)18(20)15-17/h13-15,19,21H,3-12H2,1-2H3. The number of rotatable bonds is 11. The second-order valence-corrected chi connectivity index (χ2v) is 6.55. The Morgan fingerprint density at radius 2 is 1.52 bits per heavy atom. The van der Waals surface area contributed by atoms with E-state index >= 15 is 0 Å². The maximum atomic E-state index is 10.2. The van der Waals surface area contributed by atoms with Crippen LogP contribution in [-0.2, 0) is 0 Å². The van der Waals surface area contributed by atoms with E-state index in [1.807, 2.05) is 25.1 Å². The van der Waals surface area contributed by atoms with E-state index in [1.165, 1.54) is 51.4 Å². The molecule has 0 bridgehead atoms. The lowest BCUT2D eigenvalue weighted by Crippen LogP contribution is -1.98. The molecule has 0 aliphatic heterocycles. The highest BCUT2D eigenvalue weighted by Gasteiger charge is 2.08. The van der Waals surface area contributed by atoms with Crippen LogP contribution in [0.3, 0.4) is 0 Å². The van der Waals surface area contributed by atoms with Gasteiger partial charge in [0.2, 0.25) is 0 Å². The third-order valence-electron chi connectivity index (χ3n) is 4.16. The lowest BCUT2D eigenvalue weighted by molar-refractivity contribution is 0.163. The summed E-state index contributed by atoms with van der Waals surface area (Å²) in [4.78, 5) is 0. The van der Waals surface area contributed by atoms with E-state index in [9.17, 15) is 5.11 Å². The van der Waals surface area contributed by atoms with Gasteiger partial charge >= 0.3 is 0 Å². The van der Waals surface area contributed by atoms with Gasteiger partial charge in [-0.25, -0.2) is 0 Å². The first-order valence-electron chi connectivity index (χ1n) is 8.59. The maximum Gasteiger partial charge on any atom is 0.0790 e. The summed E-state index contributed by atoms with van der Waals surface area (Å²) in [6, 6.07) is 5.87. The Morgan fingerprint density at radius 3 is 2.10 bits per heavy atom. The summed E-state index contributed by atoms with van der Waals surface area (Å²) < 4.78 is 0. The molecule has 1 aromatic rings. The Bertz CT molecular complexity index is 389. The van der Waals surface area contributed by atoms with Crippen LogP contribution in [0.4, 0.5) is 0 Å². The highest BCUT2D eigenvalue weighted by atomic mass is 35.5. The summed E-state index contributed by atoms with van der Waals surface area (Å²) in [7, 11) is 0. The molecule has 0 aliphatic carbocycles. The number of aliphatic hydroxyl groups is 1. The molecule has 0 radical (unpaired) electrons. The molecule has 120 valence electrons. The van der Waals surface area contributed by atoms with Gasteiger partial charge in [-0.05, 0) is 30.5 Å². The Labute approximate surface area is 135 Å². The van der Waals surface area contributed by atoms with E-state index in [0.29, 0.717) is 0 Å². The Balaban J connectivity index is 2.08. The van der Waals surface area contributed by atoms with Crippen LogP contribution in [0.1, 0.15) is 88.4 Å². The minimum atomic E-state index is -0.368. The van der Waals surface area contributed by atoms with Gasteiger partial charge in [-0.1, -0.05) is 88.4 Å². The van der Waals surface area contributed by atoms with Crippen LogP contribution in [0.2, 0.25) is 5.02 Å². The zero-order chi connectivity index (χ0) is 15.5. The van der Waals surface area contributed by atoms with Crippen molar-refractivity contribution in [2.45, 2.75) is 84.2 Å². The van der Waals surface area contributed by atoms with Gasteiger partial charge in [0.1, 0.15) is 0 Å². The first-order chi connectivity index (χ1) is 10.1. The highest BCUT2D eigenvalue weighted by Crippen LogP contribution is 2.25. The predicted molar refractivity (Wildman–Crippen MR) is 93.0 cm³/mol. The molecule has 0 aromatic heterocycles. The molecule has 0 saturated heterocycles. The molecular formula is C19H31ClO. The second kappa shape index (κ2) is 11.1. The molecule has 1 nitrogen and oxygen atoms in total. The number of halogens is 1. The summed E-state index contributed by atoms with van der Waals surface area (Å²) in [6.45, 7) is 4.24. The van der Waals surface area contributed by atoms with Crippen LogP contribution in [0.5, 0.6) is 0 Å². The molecule has 1 rings (SSSR count). The molecule has 1 N–H and O–H groups in total. The molecular weight excluding hydrogens is 280 g/mol. The van der Waals surface area contributed by atoms with Crippen molar-refractivity contribution in [1.82, 2.24) is 0 Å². The molecule has 0 saturated carbocycles. The van der Waals surface area contributed by atoms with Gasteiger partial charge < -0.3 is 5.11 Å². The fourth-order valence-corrected chi connectivity index (χ4v) is 2.82. The minimum absolute atomic E-state index is 0.368. The van der Waals surface area contributed by atoms with E-state index < -0.39 is 0 Å². The quantitative estimate of drug-likeness (QED) is 0.456. The number of benzene rings is 1. The molecule has 21 heavy (non-hydrogen) atoms. The SMILES string of the molecule is CCCCCCCCCCCC(O)c1ccc(C)c(Cl)c1. The van der Waals surface area contributed by atoms with E-state index in [0.717, 1.165) is 29.0 Å². The van der Waals surface area contributed by atoms with Gasteiger partial charge in [0.15, 0.2) is 0 Å². The number of hydrogen-bond acceptors (Lipinski definition) is 1. The molecule has 1 aromatic carbocycles. The van der Waals surface area contributed by atoms with Crippen molar-refractivity contribution in [3.63, 3.8) is 0 Å². The number of aryl methyl sites for hydroxylation is 1. The van der Waals surface area contributed by atoms with E-state index in [-0.39, 0.29) is 6.10 Å². The van der Waals surface area contributed by atoms with Gasteiger partial charge in [0.05, 0.1) is 6.10 Å². The number of unbranched alkanes of at least 4 members (excludes halogenated alkanes) is 8. The highest BCUT2D eigenvalue weighted by molar-refractivity contribution is 6.31. The van der Waals surface area contributed by atoms with Crippen LogP contribution in [-0.4, -0.2) is 5.11 Å². The summed E-state index contributed by atoms with van der Waals surface area (Å²) >= 11 is 6.10. The van der Waals surface area contributed by atoms with Crippen molar-refractivity contribution in [3.8, 4) is 0 Å². The molecule has 0 heterocycles. The second-order valence-electron chi connectivity index (χ2n) is 6.14. The zero-order valence-corrected chi connectivity index (χ0v) is 14.5. The minimum Gasteiger partial charge on any atom is -0.388 e. The number of aliphatic hydroxyl groups excluding tert-OH is 1. The van der Waals surface area contributed by atoms with Crippen molar-refractivity contribution in [2.24, 2.45) is 0 Å². The third kappa shape index (κ3) is 7.87. The molecule has 0 spiro atoms.